The fourth-order valence-corrected chi connectivity index (χ4v) is 4.68. The lowest BCUT2D eigenvalue weighted by molar-refractivity contribution is 0.288. The van der Waals surface area contributed by atoms with Crippen molar-refractivity contribution < 1.29 is 0 Å². The molecule has 2 heteroatoms. The predicted octanol–water partition coefficient (Wildman–Crippen LogP) is 3.91. The molecule has 0 aromatic heterocycles. The van der Waals surface area contributed by atoms with Gasteiger partial charge in [0.05, 0.1) is 0 Å². The van der Waals surface area contributed by atoms with Crippen molar-refractivity contribution in [1.29, 1.82) is 0 Å². The lowest BCUT2D eigenvalue weighted by Gasteiger charge is -2.43. The second-order valence-corrected chi connectivity index (χ2v) is 7.07. The minimum absolute atomic E-state index is 0.157. The van der Waals surface area contributed by atoms with Gasteiger partial charge in [-0.25, -0.2) is 0 Å². The van der Waals surface area contributed by atoms with Crippen molar-refractivity contribution in [3.8, 4) is 0 Å². The summed E-state index contributed by atoms with van der Waals surface area (Å²) < 4.78 is 0. The van der Waals surface area contributed by atoms with Crippen LogP contribution in [-0.4, -0.2) is 0 Å². The van der Waals surface area contributed by atoms with Crippen LogP contribution in [-0.2, 0) is 0 Å². The highest BCUT2D eigenvalue weighted by Crippen LogP contribution is 2.54. The van der Waals surface area contributed by atoms with Crippen LogP contribution in [0.4, 0.5) is 0 Å². The van der Waals surface area contributed by atoms with Crippen molar-refractivity contribution >= 4 is 22.9 Å². The van der Waals surface area contributed by atoms with Crippen molar-refractivity contribution in [3.63, 3.8) is 0 Å². The van der Waals surface area contributed by atoms with Crippen LogP contribution in [0.3, 0.4) is 0 Å². The summed E-state index contributed by atoms with van der Waals surface area (Å²) in [4.78, 5) is 0. The number of hydrogen-bond acceptors (Lipinski definition) is 2. The van der Waals surface area contributed by atoms with Gasteiger partial charge in [-0.1, -0.05) is 60.7 Å². The van der Waals surface area contributed by atoms with E-state index in [9.17, 15) is 0 Å². The molecule has 24 heavy (non-hydrogen) atoms. The summed E-state index contributed by atoms with van der Waals surface area (Å²) in [5.74, 6) is 0.854. The predicted molar refractivity (Wildman–Crippen MR) is 95.9 cm³/mol. The number of azo groups is 1. The van der Waals surface area contributed by atoms with E-state index in [0.717, 1.165) is 0 Å². The normalized spacial score (nSPS) is 28.5. The summed E-state index contributed by atoms with van der Waals surface area (Å²) in [6, 6.07) is 22.3. The van der Waals surface area contributed by atoms with E-state index in [1.54, 1.807) is 0 Å². The molecule has 2 bridgehead atoms. The first-order valence-electron chi connectivity index (χ1n) is 8.60. The molecule has 0 spiro atoms. The third-order valence-electron chi connectivity index (χ3n) is 5.82. The molecular weight excluding hydrogens is 292 g/mol. The van der Waals surface area contributed by atoms with E-state index in [0.29, 0.717) is 11.8 Å². The Morgan fingerprint density at radius 2 is 1.04 bits per heavy atom. The van der Waals surface area contributed by atoms with Crippen LogP contribution in [0.5, 0.6) is 0 Å². The maximum Gasteiger partial charge on any atom is 0.103 e. The minimum atomic E-state index is 0.157. The van der Waals surface area contributed by atoms with Crippen LogP contribution in [0, 0.1) is 11.8 Å². The summed E-state index contributed by atoms with van der Waals surface area (Å²) in [7, 11) is 0. The van der Waals surface area contributed by atoms with Crippen molar-refractivity contribution in [3.05, 3.63) is 82.2 Å². The molecule has 3 aromatic rings. The van der Waals surface area contributed by atoms with Gasteiger partial charge in [0.1, 0.15) is 12.1 Å². The van der Waals surface area contributed by atoms with Crippen LogP contribution in [0.1, 0.15) is 23.2 Å². The van der Waals surface area contributed by atoms with Gasteiger partial charge in [0, 0.05) is 11.8 Å². The van der Waals surface area contributed by atoms with Gasteiger partial charge in [-0.05, 0) is 44.5 Å². The molecule has 0 amide bonds. The van der Waals surface area contributed by atoms with Gasteiger partial charge in [0.15, 0.2) is 0 Å². The first-order chi connectivity index (χ1) is 11.9. The number of benzene rings is 3. The maximum absolute atomic E-state index is 4.68. The van der Waals surface area contributed by atoms with Crippen molar-refractivity contribution in [2.24, 2.45) is 22.1 Å². The molecular formula is C22H16N2. The monoisotopic (exact) mass is 308 g/mol. The van der Waals surface area contributed by atoms with Gasteiger partial charge in [-0.15, -0.1) is 0 Å². The average Bonchev–Trinajstić information content (AvgIpc) is 2.65. The first kappa shape index (κ1) is 12.7. The second kappa shape index (κ2) is 4.41. The summed E-state index contributed by atoms with van der Waals surface area (Å²) in [6.07, 6.45) is 4.85. The Hall–Kier alpha value is -2.74. The summed E-state index contributed by atoms with van der Waals surface area (Å²) in [5.41, 5.74) is 2.75. The number of hydrogen-bond donors (Lipinski definition) is 0. The summed E-state index contributed by atoms with van der Waals surface area (Å²) in [6.45, 7) is 0. The third kappa shape index (κ3) is 1.56. The van der Waals surface area contributed by atoms with E-state index < -0.39 is 0 Å². The zero-order valence-corrected chi connectivity index (χ0v) is 13.1. The molecule has 2 nitrogen and oxygen atoms in total. The zero-order chi connectivity index (χ0) is 15.7. The molecule has 3 aromatic carbocycles. The smallest absolute Gasteiger partial charge is 0.103 e. The first-order valence-corrected chi connectivity index (χ1v) is 8.60. The number of fused-ring (bicyclic) bond motifs is 2. The maximum atomic E-state index is 4.68. The third-order valence-corrected chi connectivity index (χ3v) is 5.82. The Morgan fingerprint density at radius 1 is 0.583 bits per heavy atom. The SMILES string of the molecule is C1=c2ccccc2=CC2C3N=NC(c4cc5ccccc5cc43)C12. The molecule has 0 radical (unpaired) electrons. The van der Waals surface area contributed by atoms with Gasteiger partial charge in [-0.3, -0.25) is 0 Å². The van der Waals surface area contributed by atoms with Crippen LogP contribution in [0.2, 0.25) is 0 Å². The summed E-state index contributed by atoms with van der Waals surface area (Å²) >= 11 is 0. The average molecular weight is 308 g/mol. The van der Waals surface area contributed by atoms with Gasteiger partial charge < -0.3 is 0 Å². The van der Waals surface area contributed by atoms with Crippen molar-refractivity contribution in [2.75, 3.05) is 0 Å². The standard InChI is InChI=1S/C22H16N2/c1-2-6-14-10-18-17(9-13(14)5-1)21-19-11-15-7-3-4-8-16(15)12-20(19)22(18)24-23-21/h1-12,17-18,21-22H. The largest absolute Gasteiger partial charge is 0.185 e. The summed E-state index contributed by atoms with van der Waals surface area (Å²) in [5, 5.41) is 14.6. The Kier molecular flexibility index (Phi) is 2.33. The fourth-order valence-electron chi connectivity index (χ4n) is 4.68. The Balaban J connectivity index is 1.63. The molecule has 0 saturated carbocycles. The lowest BCUT2D eigenvalue weighted by atomic mass is 9.67. The minimum Gasteiger partial charge on any atom is -0.185 e. The van der Waals surface area contributed by atoms with Crippen LogP contribution < -0.4 is 10.4 Å². The highest BCUT2D eigenvalue weighted by Gasteiger charge is 2.45. The molecule has 2 aliphatic heterocycles. The van der Waals surface area contributed by atoms with E-state index in [4.69, 9.17) is 0 Å². The van der Waals surface area contributed by atoms with E-state index in [1.165, 1.54) is 32.3 Å². The highest BCUT2D eigenvalue weighted by molar-refractivity contribution is 5.85. The van der Waals surface area contributed by atoms with Gasteiger partial charge in [0.25, 0.3) is 0 Å². The zero-order valence-electron chi connectivity index (χ0n) is 13.1. The van der Waals surface area contributed by atoms with Gasteiger partial charge >= 0.3 is 0 Å². The topological polar surface area (TPSA) is 24.7 Å². The molecule has 2 aliphatic carbocycles. The lowest BCUT2D eigenvalue weighted by Crippen LogP contribution is -2.40. The molecule has 0 fully saturated rings. The molecule has 0 saturated heterocycles. The van der Waals surface area contributed by atoms with E-state index in [2.05, 4.69) is 83.0 Å². The molecule has 4 unspecified atom stereocenters. The van der Waals surface area contributed by atoms with Crippen LogP contribution in [0.25, 0.3) is 22.9 Å². The van der Waals surface area contributed by atoms with Crippen molar-refractivity contribution in [1.82, 2.24) is 0 Å². The molecule has 114 valence electrons. The molecule has 4 atom stereocenters. The van der Waals surface area contributed by atoms with Crippen LogP contribution in [0.15, 0.2) is 70.9 Å². The Morgan fingerprint density at radius 3 is 1.54 bits per heavy atom. The van der Waals surface area contributed by atoms with Gasteiger partial charge in [0.2, 0.25) is 0 Å². The number of nitrogens with zero attached hydrogens (tertiary/aromatic N) is 2. The molecule has 0 N–H and O–H groups in total. The van der Waals surface area contributed by atoms with Crippen molar-refractivity contribution in [2.45, 2.75) is 12.1 Å². The highest BCUT2D eigenvalue weighted by atomic mass is 15.2. The second-order valence-electron chi connectivity index (χ2n) is 7.07. The molecule has 2 heterocycles. The quantitative estimate of drug-likeness (QED) is 0.601. The molecule has 7 rings (SSSR count). The van der Waals surface area contributed by atoms with E-state index in [1.807, 2.05) is 0 Å². The Bertz CT molecular complexity index is 1050. The Labute approximate surface area is 139 Å². The van der Waals surface area contributed by atoms with Gasteiger partial charge in [-0.2, -0.15) is 10.2 Å². The molecule has 4 aliphatic rings. The van der Waals surface area contributed by atoms with E-state index >= 15 is 0 Å². The number of rotatable bonds is 0. The fraction of sp³-hybridized carbons (Fsp3) is 0.182. The van der Waals surface area contributed by atoms with E-state index in [-0.39, 0.29) is 12.1 Å². The van der Waals surface area contributed by atoms with Crippen LogP contribution >= 0.6 is 0 Å².